The van der Waals surface area contributed by atoms with Crippen molar-refractivity contribution in [2.24, 2.45) is 11.8 Å². The van der Waals surface area contributed by atoms with Gasteiger partial charge in [0, 0.05) is 44.9 Å². The lowest BCUT2D eigenvalue weighted by atomic mass is 10.1. The Kier molecular flexibility index (Phi) is 7.08. The number of hydrogen-bond donors (Lipinski definition) is 1. The minimum atomic E-state index is -5.08. The van der Waals surface area contributed by atoms with Crippen molar-refractivity contribution in [2.75, 3.05) is 26.6 Å². The Hall–Kier alpha value is -2.79. The molecule has 11 heteroatoms. The maximum absolute atomic E-state index is 10.6. The van der Waals surface area contributed by atoms with Gasteiger partial charge in [-0.25, -0.2) is 9.78 Å². The molecule has 0 amide bonds. The van der Waals surface area contributed by atoms with E-state index in [0.717, 1.165) is 56.8 Å². The van der Waals surface area contributed by atoms with Crippen molar-refractivity contribution in [2.45, 2.75) is 38.7 Å². The van der Waals surface area contributed by atoms with Crippen LogP contribution in [0.5, 0.6) is 11.5 Å². The fourth-order valence-electron chi connectivity index (χ4n) is 3.85. The summed E-state index contributed by atoms with van der Waals surface area (Å²) in [7, 11) is 0. The van der Waals surface area contributed by atoms with E-state index in [0.29, 0.717) is 12.7 Å². The van der Waals surface area contributed by atoms with Crippen LogP contribution < -0.4 is 9.47 Å². The van der Waals surface area contributed by atoms with Crippen molar-refractivity contribution in [1.29, 1.82) is 0 Å². The maximum atomic E-state index is 10.6. The van der Waals surface area contributed by atoms with Gasteiger partial charge in [-0.2, -0.15) is 13.2 Å². The van der Waals surface area contributed by atoms with Crippen LogP contribution in [0.4, 0.5) is 13.2 Å². The average molecular weight is 469 g/mol. The van der Waals surface area contributed by atoms with Gasteiger partial charge < -0.3 is 23.9 Å². The molecule has 0 radical (unpaired) electrons. The zero-order valence-electron chi connectivity index (χ0n) is 18.0. The SMILES string of the molecule is O=C(O)C(F)(F)F.c1cc2c(cc1CN1Cc3cncn3CC(COCC3CC3)C1)OCO2. The van der Waals surface area contributed by atoms with Crippen molar-refractivity contribution in [3.63, 3.8) is 0 Å². The van der Waals surface area contributed by atoms with Crippen LogP contribution in [0.2, 0.25) is 0 Å². The third-order valence-corrected chi connectivity index (χ3v) is 5.65. The number of hydrogen-bond acceptors (Lipinski definition) is 6. The first kappa shape index (κ1) is 23.4. The number of rotatable bonds is 6. The van der Waals surface area contributed by atoms with E-state index in [9.17, 15) is 13.2 Å². The molecule has 1 atom stereocenters. The van der Waals surface area contributed by atoms with Crippen LogP contribution >= 0.6 is 0 Å². The largest absolute Gasteiger partial charge is 0.490 e. The standard InChI is InChI=1S/C20H25N3O3.C2HF3O2/c1-2-15(1)11-24-12-17-8-22(10-18-6-21-13-23(18)9-17)7-16-3-4-19-20(5-16)26-14-25-19;3-2(4,5)1(6)7/h3-6,13,15,17H,1-2,7-12,14H2;(H,6,7). The molecule has 0 saturated heterocycles. The molecule has 8 nitrogen and oxygen atoms in total. The maximum Gasteiger partial charge on any atom is 0.490 e. The molecule has 1 fully saturated rings. The summed E-state index contributed by atoms with van der Waals surface area (Å²) >= 11 is 0. The number of halogens is 3. The first-order valence-electron chi connectivity index (χ1n) is 10.8. The summed E-state index contributed by atoms with van der Waals surface area (Å²) < 4.78 is 51.0. The highest BCUT2D eigenvalue weighted by molar-refractivity contribution is 5.73. The number of ether oxygens (including phenoxy) is 3. The Balaban J connectivity index is 0.000000325. The van der Waals surface area contributed by atoms with Gasteiger partial charge in [0.25, 0.3) is 0 Å². The van der Waals surface area contributed by atoms with Gasteiger partial charge in [-0.15, -0.1) is 0 Å². The molecule has 1 aliphatic carbocycles. The summed E-state index contributed by atoms with van der Waals surface area (Å²) in [4.78, 5) is 15.7. The first-order valence-corrected chi connectivity index (χ1v) is 10.8. The Morgan fingerprint density at radius 2 is 1.88 bits per heavy atom. The summed E-state index contributed by atoms with van der Waals surface area (Å²) in [6, 6.07) is 6.24. The molecular weight excluding hydrogens is 443 g/mol. The van der Waals surface area contributed by atoms with Gasteiger partial charge in [0.15, 0.2) is 11.5 Å². The van der Waals surface area contributed by atoms with Crippen molar-refractivity contribution in [3.05, 3.63) is 42.0 Å². The summed E-state index contributed by atoms with van der Waals surface area (Å²) in [5.74, 6) is 0.237. The fraction of sp³-hybridized carbons (Fsp3) is 0.545. The zero-order chi connectivity index (χ0) is 23.4. The van der Waals surface area contributed by atoms with Crippen LogP contribution in [-0.4, -0.2) is 58.3 Å². The van der Waals surface area contributed by atoms with Gasteiger partial charge in [0.05, 0.1) is 18.6 Å². The van der Waals surface area contributed by atoms with E-state index in [1.54, 1.807) is 0 Å². The van der Waals surface area contributed by atoms with Crippen molar-refractivity contribution in [3.8, 4) is 11.5 Å². The van der Waals surface area contributed by atoms with Crippen LogP contribution in [0, 0.1) is 11.8 Å². The number of carboxylic acids is 1. The quantitative estimate of drug-likeness (QED) is 0.695. The molecule has 1 unspecified atom stereocenters. The van der Waals surface area contributed by atoms with Crippen molar-refractivity contribution < 1.29 is 37.3 Å². The van der Waals surface area contributed by atoms with E-state index in [1.165, 1.54) is 24.1 Å². The lowest BCUT2D eigenvalue weighted by Gasteiger charge is -2.24. The molecular formula is C22H26F3N3O5. The molecule has 1 N–H and O–H groups in total. The van der Waals surface area contributed by atoms with Gasteiger partial charge >= 0.3 is 12.1 Å². The summed E-state index contributed by atoms with van der Waals surface area (Å²) in [6.45, 7) is 5.89. The van der Waals surface area contributed by atoms with E-state index >= 15 is 0 Å². The van der Waals surface area contributed by atoms with Crippen LogP contribution in [0.3, 0.4) is 0 Å². The first-order chi connectivity index (χ1) is 15.8. The van der Waals surface area contributed by atoms with Gasteiger partial charge in [-0.05, 0) is 36.5 Å². The van der Waals surface area contributed by atoms with Crippen molar-refractivity contribution >= 4 is 5.97 Å². The number of alkyl halides is 3. The molecule has 3 aliphatic rings. The Bertz CT molecular complexity index is 961. The molecule has 2 aromatic rings. The highest BCUT2D eigenvalue weighted by Gasteiger charge is 2.38. The summed E-state index contributed by atoms with van der Waals surface area (Å²) in [6.07, 6.45) is 1.53. The van der Waals surface area contributed by atoms with Gasteiger partial charge in [-0.1, -0.05) is 6.07 Å². The van der Waals surface area contributed by atoms with E-state index in [4.69, 9.17) is 24.1 Å². The molecule has 1 aromatic carbocycles. The normalized spacial score (nSPS) is 19.9. The third kappa shape index (κ3) is 6.61. The molecule has 3 heterocycles. The number of imidazole rings is 1. The smallest absolute Gasteiger partial charge is 0.475 e. The molecule has 0 spiro atoms. The highest BCUT2D eigenvalue weighted by Crippen LogP contribution is 2.33. The molecule has 33 heavy (non-hydrogen) atoms. The van der Waals surface area contributed by atoms with Crippen LogP contribution in [0.25, 0.3) is 0 Å². The Labute approximate surface area is 188 Å². The second-order valence-electron chi connectivity index (χ2n) is 8.54. The van der Waals surface area contributed by atoms with Gasteiger partial charge in [0.2, 0.25) is 6.79 Å². The number of benzene rings is 1. The lowest BCUT2D eigenvalue weighted by Crippen LogP contribution is -2.30. The predicted molar refractivity (Wildman–Crippen MR) is 110 cm³/mol. The number of carboxylic acid groups (broad SMARTS) is 1. The molecule has 2 aliphatic heterocycles. The Morgan fingerprint density at radius 1 is 1.15 bits per heavy atom. The second kappa shape index (κ2) is 10.0. The van der Waals surface area contributed by atoms with E-state index in [-0.39, 0.29) is 0 Å². The topological polar surface area (TPSA) is 86.1 Å². The number of carbonyl (C=O) groups is 1. The summed E-state index contributed by atoms with van der Waals surface area (Å²) in [5, 5.41) is 7.12. The molecule has 180 valence electrons. The highest BCUT2D eigenvalue weighted by atomic mass is 19.4. The van der Waals surface area contributed by atoms with Gasteiger partial charge in [-0.3, -0.25) is 4.90 Å². The van der Waals surface area contributed by atoms with Gasteiger partial charge in [0.1, 0.15) is 0 Å². The predicted octanol–water partition coefficient (Wildman–Crippen LogP) is 3.30. The summed E-state index contributed by atoms with van der Waals surface area (Å²) in [5.41, 5.74) is 2.52. The molecule has 5 rings (SSSR count). The van der Waals surface area contributed by atoms with E-state index in [2.05, 4.69) is 26.6 Å². The average Bonchev–Trinajstić information content (AvgIpc) is 3.34. The number of aromatic nitrogens is 2. The lowest BCUT2D eigenvalue weighted by molar-refractivity contribution is -0.192. The number of nitrogens with zero attached hydrogens (tertiary/aromatic N) is 3. The minimum Gasteiger partial charge on any atom is -0.475 e. The third-order valence-electron chi connectivity index (χ3n) is 5.65. The fourth-order valence-corrected chi connectivity index (χ4v) is 3.85. The molecule has 1 saturated carbocycles. The number of fused-ring (bicyclic) bond motifs is 2. The number of aliphatic carboxylic acids is 1. The van der Waals surface area contributed by atoms with Crippen LogP contribution in [0.15, 0.2) is 30.7 Å². The van der Waals surface area contributed by atoms with Crippen LogP contribution in [0.1, 0.15) is 24.1 Å². The Morgan fingerprint density at radius 3 is 2.61 bits per heavy atom. The van der Waals surface area contributed by atoms with Crippen molar-refractivity contribution in [1.82, 2.24) is 14.5 Å². The van der Waals surface area contributed by atoms with Crippen LogP contribution in [-0.2, 0) is 29.2 Å². The van der Waals surface area contributed by atoms with E-state index < -0.39 is 12.1 Å². The second-order valence-corrected chi connectivity index (χ2v) is 8.54. The molecule has 0 bridgehead atoms. The molecule has 1 aromatic heterocycles. The van der Waals surface area contributed by atoms with E-state index in [1.807, 2.05) is 18.6 Å². The zero-order valence-corrected chi connectivity index (χ0v) is 18.0. The minimum absolute atomic E-state index is 0.322. The monoisotopic (exact) mass is 469 g/mol.